The number of aromatic nitrogens is 1. The molecule has 0 aliphatic rings. The zero-order valence-electron chi connectivity index (χ0n) is 9.60. The van der Waals surface area contributed by atoms with Gasteiger partial charge in [0.1, 0.15) is 5.75 Å². The summed E-state index contributed by atoms with van der Waals surface area (Å²) in [5.41, 5.74) is 0.374. The van der Waals surface area contributed by atoms with Gasteiger partial charge in [0.05, 0.1) is 11.8 Å². The fourth-order valence-corrected chi connectivity index (χ4v) is 1.17. The Hall–Kier alpha value is -1.62. The largest absolute Gasteiger partial charge is 0.506 e. The van der Waals surface area contributed by atoms with Crippen molar-refractivity contribution in [2.75, 3.05) is 26.7 Å². The molecule has 0 fully saturated rings. The van der Waals surface area contributed by atoms with Gasteiger partial charge in [-0.1, -0.05) is 6.92 Å². The predicted octanol–water partition coefficient (Wildman–Crippen LogP) is 0.469. The van der Waals surface area contributed by atoms with Gasteiger partial charge >= 0.3 is 0 Å². The minimum Gasteiger partial charge on any atom is -0.506 e. The van der Waals surface area contributed by atoms with Gasteiger partial charge in [0.25, 0.3) is 5.91 Å². The van der Waals surface area contributed by atoms with E-state index in [0.717, 1.165) is 13.1 Å². The average molecular weight is 223 g/mol. The number of hydrogen-bond acceptors (Lipinski definition) is 4. The van der Waals surface area contributed by atoms with Gasteiger partial charge in [-0.15, -0.1) is 0 Å². The van der Waals surface area contributed by atoms with Crippen LogP contribution in [-0.2, 0) is 0 Å². The molecule has 16 heavy (non-hydrogen) atoms. The molecule has 0 aliphatic carbocycles. The average Bonchev–Trinajstić information content (AvgIpc) is 2.28. The number of rotatable bonds is 5. The highest BCUT2D eigenvalue weighted by atomic mass is 16.3. The Morgan fingerprint density at radius 3 is 2.94 bits per heavy atom. The van der Waals surface area contributed by atoms with Gasteiger partial charge in [-0.25, -0.2) is 0 Å². The topological polar surface area (TPSA) is 65.5 Å². The van der Waals surface area contributed by atoms with E-state index in [-0.39, 0.29) is 11.7 Å². The Labute approximate surface area is 95.1 Å². The lowest BCUT2D eigenvalue weighted by Crippen LogP contribution is -2.32. The van der Waals surface area contributed by atoms with Crippen LogP contribution in [0.1, 0.15) is 17.3 Å². The molecule has 5 nitrogen and oxygen atoms in total. The summed E-state index contributed by atoms with van der Waals surface area (Å²) in [7, 11) is 1.99. The lowest BCUT2D eigenvalue weighted by molar-refractivity contribution is 0.0949. The Bertz CT molecular complexity index is 355. The molecule has 0 saturated carbocycles. The number of hydrogen-bond donors (Lipinski definition) is 2. The third kappa shape index (κ3) is 3.86. The predicted molar refractivity (Wildman–Crippen MR) is 61.4 cm³/mol. The van der Waals surface area contributed by atoms with Crippen molar-refractivity contribution in [2.45, 2.75) is 6.92 Å². The van der Waals surface area contributed by atoms with E-state index < -0.39 is 0 Å². The first kappa shape index (κ1) is 12.4. The summed E-state index contributed by atoms with van der Waals surface area (Å²) in [5, 5.41) is 11.9. The second-order valence-electron chi connectivity index (χ2n) is 3.58. The number of carbonyl (C=O) groups is 1. The number of carbonyl (C=O) groups excluding carboxylic acids is 1. The Kier molecular flexibility index (Phi) is 4.72. The standard InChI is InChI=1S/C11H17N3O2/c1-3-14(2)5-4-13-11(16)9-6-10(15)8-12-7-9/h6-8,15H,3-5H2,1-2H3,(H,13,16). The quantitative estimate of drug-likeness (QED) is 0.761. The van der Waals surface area contributed by atoms with Crippen molar-refractivity contribution in [2.24, 2.45) is 0 Å². The van der Waals surface area contributed by atoms with Gasteiger partial charge in [-0.2, -0.15) is 0 Å². The highest BCUT2D eigenvalue weighted by molar-refractivity contribution is 5.94. The molecule has 1 aromatic heterocycles. The summed E-state index contributed by atoms with van der Waals surface area (Å²) in [4.78, 5) is 17.4. The first-order valence-corrected chi connectivity index (χ1v) is 5.24. The van der Waals surface area contributed by atoms with Crippen LogP contribution < -0.4 is 5.32 Å². The third-order valence-electron chi connectivity index (χ3n) is 2.30. The van der Waals surface area contributed by atoms with Crippen molar-refractivity contribution >= 4 is 5.91 Å². The molecule has 0 atom stereocenters. The van der Waals surface area contributed by atoms with E-state index in [0.29, 0.717) is 12.1 Å². The van der Waals surface area contributed by atoms with Crippen LogP contribution in [-0.4, -0.2) is 47.6 Å². The van der Waals surface area contributed by atoms with Crippen molar-refractivity contribution in [1.82, 2.24) is 15.2 Å². The molecule has 1 rings (SSSR count). The highest BCUT2D eigenvalue weighted by Gasteiger charge is 2.06. The molecule has 0 bridgehead atoms. The number of amides is 1. The van der Waals surface area contributed by atoms with Crippen LogP contribution in [0.2, 0.25) is 0 Å². The van der Waals surface area contributed by atoms with Crippen LogP contribution >= 0.6 is 0 Å². The number of pyridine rings is 1. The number of aromatic hydroxyl groups is 1. The van der Waals surface area contributed by atoms with Crippen LogP contribution in [0.5, 0.6) is 5.75 Å². The molecule has 0 unspecified atom stereocenters. The second kappa shape index (κ2) is 6.07. The Morgan fingerprint density at radius 2 is 2.31 bits per heavy atom. The van der Waals surface area contributed by atoms with Gasteiger partial charge < -0.3 is 15.3 Å². The zero-order valence-corrected chi connectivity index (χ0v) is 9.60. The minimum atomic E-state index is -0.215. The fraction of sp³-hybridized carbons (Fsp3) is 0.455. The molecular formula is C11H17N3O2. The summed E-state index contributed by atoms with van der Waals surface area (Å²) >= 11 is 0. The number of nitrogens with zero attached hydrogens (tertiary/aromatic N) is 2. The van der Waals surface area contributed by atoms with Crippen LogP contribution in [0.15, 0.2) is 18.5 Å². The summed E-state index contributed by atoms with van der Waals surface area (Å²) in [6, 6.07) is 1.39. The molecule has 5 heteroatoms. The van der Waals surface area contributed by atoms with Gasteiger partial charge in [-0.05, 0) is 19.7 Å². The maximum absolute atomic E-state index is 11.6. The highest BCUT2D eigenvalue weighted by Crippen LogP contribution is 2.07. The van der Waals surface area contributed by atoms with E-state index in [9.17, 15) is 4.79 Å². The summed E-state index contributed by atoms with van der Waals surface area (Å²) in [6.07, 6.45) is 2.72. The van der Waals surface area contributed by atoms with Crippen LogP contribution in [0.25, 0.3) is 0 Å². The van der Waals surface area contributed by atoms with E-state index in [1.54, 1.807) is 0 Å². The van der Waals surface area contributed by atoms with Crippen molar-refractivity contribution < 1.29 is 9.90 Å². The molecule has 1 amide bonds. The van der Waals surface area contributed by atoms with E-state index in [1.807, 2.05) is 7.05 Å². The van der Waals surface area contributed by atoms with E-state index in [2.05, 4.69) is 22.1 Å². The van der Waals surface area contributed by atoms with Gasteiger partial charge in [0.2, 0.25) is 0 Å². The molecule has 0 radical (unpaired) electrons. The maximum atomic E-state index is 11.6. The first-order chi connectivity index (χ1) is 7.63. The smallest absolute Gasteiger partial charge is 0.253 e. The Morgan fingerprint density at radius 1 is 1.56 bits per heavy atom. The third-order valence-corrected chi connectivity index (χ3v) is 2.30. The molecule has 0 aliphatic heterocycles. The van der Waals surface area contributed by atoms with E-state index >= 15 is 0 Å². The monoisotopic (exact) mass is 223 g/mol. The molecule has 1 aromatic rings. The summed E-state index contributed by atoms with van der Waals surface area (Å²) in [6.45, 7) is 4.39. The first-order valence-electron chi connectivity index (χ1n) is 5.24. The second-order valence-corrected chi connectivity index (χ2v) is 3.58. The van der Waals surface area contributed by atoms with Crippen LogP contribution in [0.4, 0.5) is 0 Å². The minimum absolute atomic E-state index is 0.00155. The van der Waals surface area contributed by atoms with E-state index in [4.69, 9.17) is 5.11 Å². The van der Waals surface area contributed by atoms with Crippen molar-refractivity contribution in [3.63, 3.8) is 0 Å². The number of likely N-dealkylation sites (N-methyl/N-ethyl adjacent to an activating group) is 1. The van der Waals surface area contributed by atoms with E-state index in [1.165, 1.54) is 18.5 Å². The van der Waals surface area contributed by atoms with Crippen molar-refractivity contribution in [1.29, 1.82) is 0 Å². The van der Waals surface area contributed by atoms with Crippen LogP contribution in [0, 0.1) is 0 Å². The molecular weight excluding hydrogens is 206 g/mol. The lowest BCUT2D eigenvalue weighted by Gasteiger charge is -2.13. The summed E-state index contributed by atoms with van der Waals surface area (Å²) < 4.78 is 0. The molecule has 0 aromatic carbocycles. The zero-order chi connectivity index (χ0) is 12.0. The van der Waals surface area contributed by atoms with Crippen LogP contribution in [0.3, 0.4) is 0 Å². The number of nitrogens with one attached hydrogen (secondary N) is 1. The molecule has 88 valence electrons. The van der Waals surface area contributed by atoms with Crippen molar-refractivity contribution in [3.05, 3.63) is 24.0 Å². The van der Waals surface area contributed by atoms with Crippen molar-refractivity contribution in [3.8, 4) is 5.75 Å². The SMILES string of the molecule is CCN(C)CCNC(=O)c1cncc(O)c1. The molecule has 1 heterocycles. The Balaban J connectivity index is 2.41. The maximum Gasteiger partial charge on any atom is 0.253 e. The van der Waals surface area contributed by atoms with Gasteiger partial charge in [-0.3, -0.25) is 9.78 Å². The molecule has 0 spiro atoms. The van der Waals surface area contributed by atoms with Gasteiger partial charge in [0, 0.05) is 19.3 Å². The fourth-order valence-electron chi connectivity index (χ4n) is 1.17. The molecule has 2 N–H and O–H groups in total. The lowest BCUT2D eigenvalue weighted by atomic mass is 10.2. The molecule has 0 saturated heterocycles. The van der Waals surface area contributed by atoms with Gasteiger partial charge in [0.15, 0.2) is 0 Å². The summed E-state index contributed by atoms with van der Waals surface area (Å²) in [5.74, 6) is -0.216. The normalized spacial score (nSPS) is 10.4.